The Kier molecular flexibility index (Phi) is 9.83. The average molecular weight is 753 g/mol. The van der Waals surface area contributed by atoms with Crippen molar-refractivity contribution in [3.63, 3.8) is 0 Å². The highest BCUT2D eigenvalue weighted by atomic mass is 16.6. The van der Waals surface area contributed by atoms with E-state index in [1.54, 1.807) is 13.2 Å². The zero-order chi connectivity index (χ0) is 38.3. The molecule has 0 unspecified atom stereocenters. The van der Waals surface area contributed by atoms with Crippen molar-refractivity contribution in [1.82, 2.24) is 10.3 Å². The lowest BCUT2D eigenvalue weighted by atomic mass is 9.72. The van der Waals surface area contributed by atoms with Gasteiger partial charge in [0.2, 0.25) is 0 Å². The maximum Gasteiger partial charge on any atom is 0.161 e. The number of fused-ring (bicyclic) bond motifs is 9. The summed E-state index contributed by atoms with van der Waals surface area (Å²) in [6, 6.07) is 28.5. The van der Waals surface area contributed by atoms with Gasteiger partial charge in [0.15, 0.2) is 17.6 Å². The molecule has 56 heavy (non-hydrogen) atoms. The first kappa shape index (κ1) is 36.2. The van der Waals surface area contributed by atoms with Crippen LogP contribution < -0.4 is 19.5 Å². The van der Waals surface area contributed by atoms with Crippen molar-refractivity contribution in [1.29, 1.82) is 0 Å². The molecule has 288 valence electrons. The third-order valence-corrected chi connectivity index (χ3v) is 11.9. The minimum Gasteiger partial charge on any atom is -0.508 e. The quantitative estimate of drug-likeness (QED) is 0.0849. The number of aryl methyl sites for hydroxylation is 2. The van der Waals surface area contributed by atoms with Gasteiger partial charge in [-0.2, -0.15) is 0 Å². The van der Waals surface area contributed by atoms with Crippen molar-refractivity contribution in [2.45, 2.75) is 69.2 Å². The number of phenols is 2. The van der Waals surface area contributed by atoms with Gasteiger partial charge >= 0.3 is 0 Å². The Hall–Kier alpha value is -5.48. The van der Waals surface area contributed by atoms with E-state index < -0.39 is 6.10 Å². The maximum absolute atomic E-state index is 11.3. The van der Waals surface area contributed by atoms with Gasteiger partial charge in [0.1, 0.15) is 29.5 Å². The lowest BCUT2D eigenvalue weighted by Gasteiger charge is -2.41. The molecule has 0 saturated carbocycles. The summed E-state index contributed by atoms with van der Waals surface area (Å²) in [7, 11) is 3.45. The van der Waals surface area contributed by atoms with E-state index in [1.165, 1.54) is 16.5 Å². The number of aliphatic hydroxyl groups is 1. The van der Waals surface area contributed by atoms with Gasteiger partial charge in [0, 0.05) is 34.8 Å². The molecule has 0 bridgehead atoms. The largest absolute Gasteiger partial charge is 0.508 e. The van der Waals surface area contributed by atoms with Crippen LogP contribution in [0.1, 0.15) is 63.0 Å². The van der Waals surface area contributed by atoms with E-state index in [2.05, 4.69) is 46.7 Å². The van der Waals surface area contributed by atoms with E-state index in [0.717, 1.165) is 74.4 Å². The topological polar surface area (TPSA) is 125 Å². The Morgan fingerprint density at radius 3 is 2.55 bits per heavy atom. The zero-order valence-corrected chi connectivity index (χ0v) is 31.8. The number of methoxy groups -OCH3 is 1. The van der Waals surface area contributed by atoms with Crippen molar-refractivity contribution >= 4 is 10.9 Å². The Balaban J connectivity index is 1.17. The molecule has 9 nitrogen and oxygen atoms in total. The monoisotopic (exact) mass is 752 g/mol. The molecule has 4 atom stereocenters. The molecule has 0 spiro atoms. The fourth-order valence-corrected chi connectivity index (χ4v) is 9.17. The summed E-state index contributed by atoms with van der Waals surface area (Å²) >= 11 is 0. The van der Waals surface area contributed by atoms with Crippen LogP contribution in [0, 0.1) is 0 Å². The van der Waals surface area contributed by atoms with Gasteiger partial charge in [-0.05, 0) is 138 Å². The summed E-state index contributed by atoms with van der Waals surface area (Å²) in [5.41, 5.74) is 11.6. The Labute approximate surface area is 326 Å². The number of hydrogen-bond acceptors (Lipinski definition) is 8. The number of hydrogen-bond donors (Lipinski definition) is 5. The molecule has 6 aromatic rings. The zero-order valence-electron chi connectivity index (χ0n) is 31.8. The molecule has 1 aliphatic carbocycles. The molecule has 5 N–H and O–H groups in total. The lowest BCUT2D eigenvalue weighted by molar-refractivity contribution is -0.0436. The number of aromatic amines is 1. The van der Waals surface area contributed by atoms with Gasteiger partial charge in [0.05, 0.1) is 20.4 Å². The van der Waals surface area contributed by atoms with Crippen LogP contribution in [-0.2, 0) is 43.3 Å². The third kappa shape index (κ3) is 6.63. The van der Waals surface area contributed by atoms with E-state index in [1.807, 2.05) is 55.7 Å². The molecular weight excluding hydrogens is 705 g/mol. The minimum absolute atomic E-state index is 0.0725. The van der Waals surface area contributed by atoms with Crippen molar-refractivity contribution in [3.8, 4) is 39.9 Å². The van der Waals surface area contributed by atoms with Gasteiger partial charge in [-0.15, -0.1) is 0 Å². The summed E-state index contributed by atoms with van der Waals surface area (Å²) in [5.74, 6) is 2.41. The molecule has 9 rings (SSSR count). The predicted molar refractivity (Wildman–Crippen MR) is 216 cm³/mol. The number of H-pyrrole nitrogens is 1. The summed E-state index contributed by atoms with van der Waals surface area (Å²) in [6.07, 6.45) is 5.58. The number of ether oxygens (including phenoxy) is 4. The number of aromatic nitrogens is 1. The van der Waals surface area contributed by atoms with Crippen LogP contribution >= 0.6 is 0 Å². The van der Waals surface area contributed by atoms with Crippen molar-refractivity contribution in [2.24, 2.45) is 0 Å². The SMILES string of the molecule is CNCO[C@@H]1Cc2c3c(c4c(c2O[C@@H]1c1cc(CCc2ccccc2)c(O)c(OC)c1)CC[C@@H](CO)O4)-c1ccc(O)cc1[C@H](Cc1ccc2[nH]ccc2c1)C3. The average Bonchev–Trinajstić information content (AvgIpc) is 3.70. The van der Waals surface area contributed by atoms with Crippen LogP contribution in [0.15, 0.2) is 91.1 Å². The number of rotatable bonds is 11. The van der Waals surface area contributed by atoms with Gasteiger partial charge in [-0.25, -0.2) is 0 Å². The fraction of sp³-hybridized carbons (Fsp3) is 0.319. The predicted octanol–water partition coefficient (Wildman–Crippen LogP) is 7.85. The molecule has 0 radical (unpaired) electrons. The molecule has 9 heteroatoms. The molecule has 5 aromatic carbocycles. The van der Waals surface area contributed by atoms with Gasteiger partial charge in [0.25, 0.3) is 0 Å². The van der Waals surface area contributed by atoms with Crippen molar-refractivity contribution in [2.75, 3.05) is 27.5 Å². The van der Waals surface area contributed by atoms with Crippen LogP contribution in [-0.4, -0.2) is 60.0 Å². The highest BCUT2D eigenvalue weighted by Crippen LogP contribution is 2.56. The molecule has 3 heterocycles. The van der Waals surface area contributed by atoms with Crippen molar-refractivity contribution in [3.05, 3.63) is 136 Å². The van der Waals surface area contributed by atoms with Crippen LogP contribution in [0.4, 0.5) is 0 Å². The number of phenolic OH excluding ortho intramolecular Hbond substituents is 2. The number of aliphatic hydroxyl groups excluding tert-OH is 1. The molecule has 0 saturated heterocycles. The first-order chi connectivity index (χ1) is 27.4. The normalized spacial score (nSPS) is 19.6. The standard InChI is InChI=1S/C47H48N2O7/c1-48-26-54-42-24-39-38-21-31(19-28-9-15-40-29(18-28)16-17-49-40)37-23-33(51)11-13-35(37)43(38)47-36(14-12-34(25-50)55-47)46(39)56-45(42)32-20-30(44(52)41(22-32)53-2)10-8-27-6-4-3-5-7-27/h3-7,9,11,13,15-18,20,22-23,31,34,42,45,48-52H,8,10,12,14,19,21,24-26H2,1-2H3/t31-,34+,42-,45-/m1/s1. The molecule has 0 fully saturated rings. The highest BCUT2D eigenvalue weighted by Gasteiger charge is 2.42. The lowest BCUT2D eigenvalue weighted by Crippen LogP contribution is -2.37. The molecule has 0 amide bonds. The molecular formula is C47H48N2O7. The Bertz CT molecular complexity index is 2390. The molecule has 3 aliphatic rings. The molecule has 2 aliphatic heterocycles. The first-order valence-electron chi connectivity index (χ1n) is 19.7. The minimum atomic E-state index is -0.504. The van der Waals surface area contributed by atoms with Gasteiger partial charge < -0.3 is 39.3 Å². The fourth-order valence-electron chi connectivity index (χ4n) is 9.17. The van der Waals surface area contributed by atoms with E-state index in [0.29, 0.717) is 44.6 Å². The summed E-state index contributed by atoms with van der Waals surface area (Å²) in [6.45, 7) is 0.247. The van der Waals surface area contributed by atoms with Gasteiger partial charge in [-0.1, -0.05) is 42.5 Å². The highest BCUT2D eigenvalue weighted by molar-refractivity contribution is 5.85. The van der Waals surface area contributed by atoms with Crippen molar-refractivity contribution < 1.29 is 34.3 Å². The van der Waals surface area contributed by atoms with Crippen LogP contribution in [0.3, 0.4) is 0 Å². The summed E-state index contributed by atoms with van der Waals surface area (Å²) in [4.78, 5) is 3.30. The van der Waals surface area contributed by atoms with E-state index in [9.17, 15) is 15.3 Å². The Morgan fingerprint density at radius 1 is 0.857 bits per heavy atom. The maximum atomic E-state index is 11.3. The van der Waals surface area contributed by atoms with Gasteiger partial charge in [-0.3, -0.25) is 5.32 Å². The smallest absolute Gasteiger partial charge is 0.161 e. The first-order valence-corrected chi connectivity index (χ1v) is 19.7. The van der Waals surface area contributed by atoms with Crippen LogP contribution in [0.25, 0.3) is 22.0 Å². The van der Waals surface area contributed by atoms with E-state index >= 15 is 0 Å². The number of nitrogens with one attached hydrogen (secondary N) is 2. The molecule has 1 aromatic heterocycles. The van der Waals surface area contributed by atoms with E-state index in [4.69, 9.17) is 18.9 Å². The van der Waals surface area contributed by atoms with Crippen LogP contribution in [0.2, 0.25) is 0 Å². The third-order valence-electron chi connectivity index (χ3n) is 11.9. The second-order valence-electron chi connectivity index (χ2n) is 15.4. The van der Waals surface area contributed by atoms with E-state index in [-0.39, 0.29) is 36.2 Å². The second-order valence-corrected chi connectivity index (χ2v) is 15.4. The summed E-state index contributed by atoms with van der Waals surface area (Å²) < 4.78 is 26.3. The van der Waals surface area contributed by atoms with Crippen LogP contribution in [0.5, 0.6) is 28.7 Å². The second kappa shape index (κ2) is 15.2. The summed E-state index contributed by atoms with van der Waals surface area (Å²) in [5, 5.41) is 36.8. The number of aromatic hydroxyl groups is 2. The number of benzene rings is 5. The Morgan fingerprint density at radius 2 is 1.73 bits per heavy atom.